The van der Waals surface area contributed by atoms with Crippen molar-refractivity contribution in [2.75, 3.05) is 6.54 Å². The zero-order valence-electron chi connectivity index (χ0n) is 10.2. The van der Waals surface area contributed by atoms with Crippen molar-refractivity contribution in [2.45, 2.75) is 25.3 Å². The predicted molar refractivity (Wildman–Crippen MR) is 77.3 cm³/mol. The van der Waals surface area contributed by atoms with Crippen molar-refractivity contribution in [1.82, 2.24) is 10.6 Å². The van der Waals surface area contributed by atoms with Gasteiger partial charge in [0.05, 0.1) is 5.02 Å². The second kappa shape index (κ2) is 6.39. The molecule has 102 valence electrons. The van der Waals surface area contributed by atoms with E-state index in [2.05, 4.69) is 26.6 Å². The lowest BCUT2D eigenvalue weighted by atomic mass is 10.1. The van der Waals surface area contributed by atoms with Crippen LogP contribution in [0.2, 0.25) is 5.02 Å². The number of hydrogen-bond acceptors (Lipinski definition) is 2. The van der Waals surface area contributed by atoms with Gasteiger partial charge in [-0.05, 0) is 53.4 Å². The van der Waals surface area contributed by atoms with Gasteiger partial charge in [-0.3, -0.25) is 9.59 Å². The summed E-state index contributed by atoms with van der Waals surface area (Å²) < 4.78 is 0.659. The molecule has 0 saturated carbocycles. The number of hydrogen-bond donors (Lipinski definition) is 2. The van der Waals surface area contributed by atoms with E-state index in [-0.39, 0.29) is 11.8 Å². The fourth-order valence-electron chi connectivity index (χ4n) is 1.96. The molecule has 0 spiro atoms. The topological polar surface area (TPSA) is 58.2 Å². The van der Waals surface area contributed by atoms with Gasteiger partial charge in [-0.25, -0.2) is 0 Å². The predicted octanol–water partition coefficient (Wildman–Crippen LogP) is 2.50. The van der Waals surface area contributed by atoms with E-state index in [1.807, 2.05) is 0 Å². The molecule has 2 N–H and O–H groups in total. The van der Waals surface area contributed by atoms with Crippen LogP contribution in [0, 0.1) is 0 Å². The van der Waals surface area contributed by atoms with E-state index in [1.54, 1.807) is 18.2 Å². The minimum Gasteiger partial charge on any atom is -0.354 e. The average molecular weight is 346 g/mol. The molecule has 2 amide bonds. The fraction of sp³-hybridized carbons (Fsp3) is 0.385. The van der Waals surface area contributed by atoms with Gasteiger partial charge in [0.1, 0.15) is 6.04 Å². The molecular formula is C13H14BrClN2O2. The van der Waals surface area contributed by atoms with Crippen molar-refractivity contribution in [3.05, 3.63) is 33.3 Å². The highest BCUT2D eigenvalue weighted by molar-refractivity contribution is 9.10. The van der Waals surface area contributed by atoms with Crippen LogP contribution in [-0.4, -0.2) is 24.4 Å². The van der Waals surface area contributed by atoms with Crippen LogP contribution in [0.3, 0.4) is 0 Å². The maximum absolute atomic E-state index is 12.1. The summed E-state index contributed by atoms with van der Waals surface area (Å²) in [6, 6.07) is 4.47. The highest BCUT2D eigenvalue weighted by Crippen LogP contribution is 2.23. The van der Waals surface area contributed by atoms with E-state index >= 15 is 0 Å². The molecule has 1 unspecified atom stereocenters. The smallest absolute Gasteiger partial charge is 0.251 e. The Bertz CT molecular complexity index is 507. The first-order valence-electron chi connectivity index (χ1n) is 6.11. The van der Waals surface area contributed by atoms with Crippen LogP contribution in [0.25, 0.3) is 0 Å². The SMILES string of the molecule is O=C(NC1CCCCNC1=O)c1ccc(Cl)c(Br)c1. The normalized spacial score (nSPS) is 19.5. The van der Waals surface area contributed by atoms with Crippen LogP contribution in [0.5, 0.6) is 0 Å². The summed E-state index contributed by atoms with van der Waals surface area (Å²) in [6.45, 7) is 0.678. The number of carbonyl (C=O) groups is 2. The lowest BCUT2D eigenvalue weighted by Crippen LogP contribution is -2.45. The molecule has 1 aliphatic rings. The first-order valence-corrected chi connectivity index (χ1v) is 7.28. The number of rotatable bonds is 2. The average Bonchev–Trinajstić information content (AvgIpc) is 2.58. The van der Waals surface area contributed by atoms with Gasteiger partial charge in [-0.1, -0.05) is 11.6 Å². The van der Waals surface area contributed by atoms with Gasteiger partial charge in [0, 0.05) is 16.6 Å². The monoisotopic (exact) mass is 344 g/mol. The number of amides is 2. The van der Waals surface area contributed by atoms with Crippen molar-refractivity contribution in [1.29, 1.82) is 0 Å². The quantitative estimate of drug-likeness (QED) is 0.865. The third kappa shape index (κ3) is 3.70. The van der Waals surface area contributed by atoms with E-state index in [0.717, 1.165) is 12.8 Å². The van der Waals surface area contributed by atoms with Gasteiger partial charge in [0.25, 0.3) is 5.91 Å². The summed E-state index contributed by atoms with van der Waals surface area (Å²) >= 11 is 9.15. The van der Waals surface area contributed by atoms with Gasteiger partial charge < -0.3 is 10.6 Å². The summed E-state index contributed by atoms with van der Waals surface area (Å²) in [7, 11) is 0. The Labute approximate surface area is 125 Å². The summed E-state index contributed by atoms with van der Waals surface area (Å²) in [5, 5.41) is 6.09. The fourth-order valence-corrected chi connectivity index (χ4v) is 2.45. The Morgan fingerprint density at radius 3 is 2.95 bits per heavy atom. The Morgan fingerprint density at radius 1 is 1.42 bits per heavy atom. The molecule has 0 aromatic heterocycles. The Kier molecular flexibility index (Phi) is 4.82. The van der Waals surface area contributed by atoms with Crippen LogP contribution < -0.4 is 10.6 Å². The Hall–Kier alpha value is -1.07. The molecule has 0 radical (unpaired) electrons. The molecule has 0 aliphatic carbocycles. The van der Waals surface area contributed by atoms with E-state index in [0.29, 0.717) is 28.0 Å². The maximum Gasteiger partial charge on any atom is 0.251 e. The van der Waals surface area contributed by atoms with Crippen LogP contribution in [-0.2, 0) is 4.79 Å². The largest absolute Gasteiger partial charge is 0.354 e. The molecule has 4 nitrogen and oxygen atoms in total. The van der Waals surface area contributed by atoms with Gasteiger partial charge in [-0.2, -0.15) is 0 Å². The number of benzene rings is 1. The molecule has 2 rings (SSSR count). The second-order valence-corrected chi connectivity index (χ2v) is 5.70. The lowest BCUT2D eigenvalue weighted by molar-refractivity contribution is -0.122. The second-order valence-electron chi connectivity index (χ2n) is 4.44. The minimum atomic E-state index is -0.454. The van der Waals surface area contributed by atoms with Crippen LogP contribution in [0.4, 0.5) is 0 Å². The third-order valence-electron chi connectivity index (χ3n) is 3.02. The van der Waals surface area contributed by atoms with Gasteiger partial charge >= 0.3 is 0 Å². The molecule has 1 saturated heterocycles. The zero-order valence-corrected chi connectivity index (χ0v) is 12.6. The Morgan fingerprint density at radius 2 is 2.21 bits per heavy atom. The minimum absolute atomic E-state index is 0.112. The highest BCUT2D eigenvalue weighted by Gasteiger charge is 2.22. The molecule has 1 heterocycles. The van der Waals surface area contributed by atoms with E-state index in [1.165, 1.54) is 0 Å². The lowest BCUT2D eigenvalue weighted by Gasteiger charge is -2.15. The molecule has 1 aromatic rings. The van der Waals surface area contributed by atoms with Crippen LogP contribution >= 0.6 is 27.5 Å². The van der Waals surface area contributed by atoms with Crippen molar-refractivity contribution in [2.24, 2.45) is 0 Å². The summed E-state index contributed by atoms with van der Waals surface area (Å²) in [4.78, 5) is 23.8. The van der Waals surface area contributed by atoms with Crippen LogP contribution in [0.1, 0.15) is 29.6 Å². The molecule has 19 heavy (non-hydrogen) atoms. The first-order chi connectivity index (χ1) is 9.08. The molecule has 0 bridgehead atoms. The van der Waals surface area contributed by atoms with Gasteiger partial charge in [0.2, 0.25) is 5.91 Å². The Balaban J connectivity index is 2.07. The highest BCUT2D eigenvalue weighted by atomic mass is 79.9. The molecule has 1 fully saturated rings. The molecule has 1 aromatic carbocycles. The molecule has 1 aliphatic heterocycles. The number of nitrogens with one attached hydrogen (secondary N) is 2. The molecular weight excluding hydrogens is 332 g/mol. The molecule has 6 heteroatoms. The van der Waals surface area contributed by atoms with Crippen molar-refractivity contribution in [3.8, 4) is 0 Å². The molecule has 1 atom stereocenters. The number of carbonyl (C=O) groups excluding carboxylic acids is 2. The maximum atomic E-state index is 12.1. The van der Waals surface area contributed by atoms with E-state index in [4.69, 9.17) is 11.6 Å². The van der Waals surface area contributed by atoms with Crippen molar-refractivity contribution in [3.63, 3.8) is 0 Å². The van der Waals surface area contributed by atoms with Crippen molar-refractivity contribution >= 4 is 39.3 Å². The van der Waals surface area contributed by atoms with E-state index in [9.17, 15) is 9.59 Å². The van der Waals surface area contributed by atoms with E-state index < -0.39 is 6.04 Å². The third-order valence-corrected chi connectivity index (χ3v) is 4.24. The summed E-state index contributed by atoms with van der Waals surface area (Å²) in [5.41, 5.74) is 0.480. The number of halogens is 2. The first kappa shape index (κ1) is 14.3. The zero-order chi connectivity index (χ0) is 13.8. The summed E-state index contributed by atoms with van der Waals surface area (Å²) in [6.07, 6.45) is 2.55. The van der Waals surface area contributed by atoms with Gasteiger partial charge in [-0.15, -0.1) is 0 Å². The van der Waals surface area contributed by atoms with Gasteiger partial charge in [0.15, 0.2) is 0 Å². The standard InChI is InChI=1S/C13H14BrClN2O2/c14-9-7-8(4-5-10(9)15)12(18)17-11-3-1-2-6-16-13(11)19/h4-5,7,11H,1-3,6H2,(H,16,19)(H,17,18). The van der Waals surface area contributed by atoms with Crippen molar-refractivity contribution < 1.29 is 9.59 Å². The van der Waals surface area contributed by atoms with Crippen LogP contribution in [0.15, 0.2) is 22.7 Å². The summed E-state index contributed by atoms with van der Waals surface area (Å²) in [5.74, 6) is -0.377.